The van der Waals surface area contributed by atoms with Gasteiger partial charge in [-0.15, -0.1) is 0 Å². The Morgan fingerprint density at radius 1 is 1.08 bits per heavy atom. The summed E-state index contributed by atoms with van der Waals surface area (Å²) in [7, 11) is 0. The van der Waals surface area contributed by atoms with Crippen LogP contribution >= 0.6 is 0 Å². The molecule has 0 radical (unpaired) electrons. The Kier molecular flexibility index (Phi) is 7.64. The van der Waals surface area contributed by atoms with Crippen molar-refractivity contribution >= 4 is 11.9 Å². The van der Waals surface area contributed by atoms with Crippen LogP contribution in [-0.2, 0) is 4.79 Å². The van der Waals surface area contributed by atoms with Gasteiger partial charge >= 0.3 is 6.03 Å². The molecule has 2 aromatic carbocycles. The van der Waals surface area contributed by atoms with Gasteiger partial charge in [-0.3, -0.25) is 10.1 Å². The maximum Gasteiger partial charge on any atom is 0.321 e. The summed E-state index contributed by atoms with van der Waals surface area (Å²) in [6.45, 7) is 5.32. The molecule has 2 rings (SSSR count). The maximum absolute atomic E-state index is 12.5. The van der Waals surface area contributed by atoms with Gasteiger partial charge in [-0.25, -0.2) is 4.79 Å². The first-order chi connectivity index (χ1) is 12.6. The first-order valence-corrected chi connectivity index (χ1v) is 8.76. The smallest absolute Gasteiger partial charge is 0.321 e. The molecule has 0 aliphatic carbocycles. The van der Waals surface area contributed by atoms with Crippen LogP contribution in [0, 0.1) is 6.92 Å². The molecule has 0 fully saturated rings. The number of urea groups is 1. The van der Waals surface area contributed by atoms with Crippen LogP contribution < -0.4 is 20.7 Å². The minimum Gasteiger partial charge on any atom is -0.488 e. The standard InChI is InChI=1S/C20H25N3O3/c1-3-21-20(25)23-19(24)18(16-7-5-4-6-8-16)22-13-14-26-17-11-9-15(2)10-12-17/h4-12,18,22H,3,13-14H2,1-2H3,(H2,21,23,24,25)/p+1/t18-/m1/s1. The van der Waals surface area contributed by atoms with Gasteiger partial charge in [0.2, 0.25) is 0 Å². The molecule has 0 saturated carbocycles. The summed E-state index contributed by atoms with van der Waals surface area (Å²) < 4.78 is 5.70. The Labute approximate surface area is 153 Å². The van der Waals surface area contributed by atoms with Crippen molar-refractivity contribution < 1.29 is 19.6 Å². The largest absolute Gasteiger partial charge is 0.488 e. The molecule has 0 aromatic heterocycles. The first-order valence-electron chi connectivity index (χ1n) is 8.76. The van der Waals surface area contributed by atoms with Gasteiger partial charge in [0.05, 0.1) is 0 Å². The third-order valence-corrected chi connectivity index (χ3v) is 3.83. The number of rotatable bonds is 8. The highest BCUT2D eigenvalue weighted by Crippen LogP contribution is 2.11. The zero-order valence-electron chi connectivity index (χ0n) is 15.2. The van der Waals surface area contributed by atoms with Crippen LogP contribution in [0.15, 0.2) is 54.6 Å². The van der Waals surface area contributed by atoms with E-state index in [-0.39, 0.29) is 5.91 Å². The molecule has 0 saturated heterocycles. The molecule has 1 atom stereocenters. The third kappa shape index (κ3) is 6.22. The van der Waals surface area contributed by atoms with Gasteiger partial charge in [0.1, 0.15) is 18.9 Å². The number of quaternary nitrogens is 1. The number of carbonyl (C=O) groups is 2. The molecular formula is C20H26N3O3+. The number of carbonyl (C=O) groups excluding carboxylic acids is 2. The molecule has 6 heteroatoms. The number of nitrogens with two attached hydrogens (primary N) is 1. The van der Waals surface area contributed by atoms with Crippen LogP contribution in [0.5, 0.6) is 5.75 Å². The van der Waals surface area contributed by atoms with Crippen molar-refractivity contribution in [2.45, 2.75) is 19.9 Å². The second-order valence-corrected chi connectivity index (χ2v) is 5.92. The summed E-state index contributed by atoms with van der Waals surface area (Å²) in [6, 6.07) is 16.2. The zero-order valence-corrected chi connectivity index (χ0v) is 15.2. The lowest BCUT2D eigenvalue weighted by atomic mass is 10.1. The average Bonchev–Trinajstić information content (AvgIpc) is 2.64. The number of benzene rings is 2. The van der Waals surface area contributed by atoms with Crippen molar-refractivity contribution in [3.05, 3.63) is 65.7 Å². The number of nitrogens with one attached hydrogen (secondary N) is 2. The lowest BCUT2D eigenvalue weighted by Gasteiger charge is -2.16. The van der Waals surface area contributed by atoms with Crippen molar-refractivity contribution in [3.63, 3.8) is 0 Å². The molecule has 0 aliphatic heterocycles. The van der Waals surface area contributed by atoms with Crippen LogP contribution in [-0.4, -0.2) is 31.6 Å². The van der Waals surface area contributed by atoms with E-state index in [2.05, 4.69) is 10.6 Å². The van der Waals surface area contributed by atoms with Gasteiger partial charge in [0.15, 0.2) is 6.04 Å². The molecular weight excluding hydrogens is 330 g/mol. The Hall–Kier alpha value is -2.86. The summed E-state index contributed by atoms with van der Waals surface area (Å²) in [5.74, 6) is 0.449. The van der Waals surface area contributed by atoms with Crippen LogP contribution in [0.25, 0.3) is 0 Å². The normalized spacial score (nSPS) is 11.5. The van der Waals surface area contributed by atoms with Crippen LogP contribution in [0.3, 0.4) is 0 Å². The minimum atomic E-state index is -0.513. The minimum absolute atomic E-state index is 0.350. The van der Waals surface area contributed by atoms with Crippen LogP contribution in [0.2, 0.25) is 0 Å². The molecule has 0 heterocycles. The Bertz CT molecular complexity index is 702. The number of hydrogen-bond acceptors (Lipinski definition) is 3. The van der Waals surface area contributed by atoms with Gasteiger partial charge in [-0.05, 0) is 26.0 Å². The highest BCUT2D eigenvalue weighted by atomic mass is 16.5. The number of imide groups is 1. The highest BCUT2D eigenvalue weighted by Gasteiger charge is 2.25. The molecule has 0 spiro atoms. The van der Waals surface area contributed by atoms with E-state index in [0.29, 0.717) is 19.7 Å². The molecule has 138 valence electrons. The van der Waals surface area contributed by atoms with E-state index < -0.39 is 12.1 Å². The van der Waals surface area contributed by atoms with E-state index in [1.165, 1.54) is 5.56 Å². The van der Waals surface area contributed by atoms with Crippen molar-refractivity contribution in [1.29, 1.82) is 0 Å². The van der Waals surface area contributed by atoms with E-state index in [4.69, 9.17) is 4.74 Å². The average molecular weight is 356 g/mol. The second-order valence-electron chi connectivity index (χ2n) is 5.92. The lowest BCUT2D eigenvalue weighted by Crippen LogP contribution is -2.88. The Balaban J connectivity index is 1.92. The van der Waals surface area contributed by atoms with Crippen LogP contribution in [0.4, 0.5) is 4.79 Å². The molecule has 3 amide bonds. The molecule has 0 aliphatic rings. The summed E-state index contributed by atoms with van der Waals surface area (Å²) in [5, 5.41) is 6.82. The lowest BCUT2D eigenvalue weighted by molar-refractivity contribution is -0.683. The molecule has 6 nitrogen and oxygen atoms in total. The van der Waals surface area contributed by atoms with E-state index in [1.54, 1.807) is 6.92 Å². The van der Waals surface area contributed by atoms with Crippen molar-refractivity contribution in [1.82, 2.24) is 10.6 Å². The van der Waals surface area contributed by atoms with Crippen LogP contribution in [0.1, 0.15) is 24.1 Å². The van der Waals surface area contributed by atoms with Gasteiger partial charge in [0.25, 0.3) is 5.91 Å². The van der Waals surface area contributed by atoms with Crippen molar-refractivity contribution in [2.75, 3.05) is 19.7 Å². The summed E-state index contributed by atoms with van der Waals surface area (Å²) in [6.07, 6.45) is 0. The van der Waals surface area contributed by atoms with E-state index in [1.807, 2.05) is 66.8 Å². The SMILES string of the molecule is CCNC(=O)NC(=O)[C@H]([NH2+]CCOc1ccc(C)cc1)c1ccccc1. The van der Waals surface area contributed by atoms with Gasteiger partial charge in [-0.1, -0.05) is 48.0 Å². The fourth-order valence-corrected chi connectivity index (χ4v) is 2.50. The quantitative estimate of drug-likeness (QED) is 0.627. The van der Waals surface area contributed by atoms with E-state index in [9.17, 15) is 9.59 Å². The van der Waals surface area contributed by atoms with Crippen molar-refractivity contribution in [2.24, 2.45) is 0 Å². The number of aryl methyl sites for hydroxylation is 1. The summed E-state index contributed by atoms with van der Waals surface area (Å²) in [4.78, 5) is 24.1. The molecule has 2 aromatic rings. The molecule has 4 N–H and O–H groups in total. The van der Waals surface area contributed by atoms with E-state index in [0.717, 1.165) is 11.3 Å². The van der Waals surface area contributed by atoms with Gasteiger partial charge in [0, 0.05) is 12.1 Å². The molecule has 26 heavy (non-hydrogen) atoms. The maximum atomic E-state index is 12.5. The number of ether oxygens (including phenoxy) is 1. The summed E-state index contributed by atoms with van der Waals surface area (Å²) in [5.41, 5.74) is 2.01. The van der Waals surface area contributed by atoms with Gasteiger partial charge < -0.3 is 15.4 Å². The zero-order chi connectivity index (χ0) is 18.8. The Morgan fingerprint density at radius 2 is 1.77 bits per heavy atom. The topological polar surface area (TPSA) is 84.0 Å². The fraction of sp³-hybridized carbons (Fsp3) is 0.300. The predicted octanol–water partition coefficient (Wildman–Crippen LogP) is 1.52. The van der Waals surface area contributed by atoms with E-state index >= 15 is 0 Å². The highest BCUT2D eigenvalue weighted by molar-refractivity contribution is 5.96. The monoisotopic (exact) mass is 356 g/mol. The fourth-order valence-electron chi connectivity index (χ4n) is 2.50. The summed E-state index contributed by atoms with van der Waals surface area (Å²) >= 11 is 0. The van der Waals surface area contributed by atoms with Crippen molar-refractivity contribution in [3.8, 4) is 5.75 Å². The number of hydrogen-bond donors (Lipinski definition) is 3. The predicted molar refractivity (Wildman–Crippen MR) is 99.9 cm³/mol. The third-order valence-electron chi connectivity index (χ3n) is 3.83. The Morgan fingerprint density at radius 3 is 2.42 bits per heavy atom. The van der Waals surface area contributed by atoms with Gasteiger partial charge in [-0.2, -0.15) is 0 Å². The number of amides is 3. The molecule has 0 unspecified atom stereocenters. The first kappa shape index (κ1) is 19.5. The molecule has 0 bridgehead atoms. The second kappa shape index (κ2) is 10.2.